The molecule has 0 aromatic carbocycles. The number of rotatable bonds is 4. The minimum Gasteiger partial charge on any atom is -0.481 e. The van der Waals surface area contributed by atoms with Crippen molar-refractivity contribution in [1.29, 1.82) is 0 Å². The lowest BCUT2D eigenvalue weighted by atomic mass is 10.1. The largest absolute Gasteiger partial charge is 0.481 e. The highest BCUT2D eigenvalue weighted by atomic mass is 16.5. The van der Waals surface area contributed by atoms with Gasteiger partial charge in [0.1, 0.15) is 5.82 Å². The third-order valence-corrected chi connectivity index (χ3v) is 4.78. The van der Waals surface area contributed by atoms with E-state index in [0.29, 0.717) is 11.9 Å². The normalized spacial score (nSPS) is 19.2. The summed E-state index contributed by atoms with van der Waals surface area (Å²) >= 11 is 0. The van der Waals surface area contributed by atoms with Gasteiger partial charge in [0.25, 0.3) is 0 Å². The second-order valence-electron chi connectivity index (χ2n) is 6.17. The third kappa shape index (κ3) is 2.99. The van der Waals surface area contributed by atoms with Crippen LogP contribution in [0.4, 0.5) is 11.8 Å². The van der Waals surface area contributed by atoms with Crippen LogP contribution < -0.4 is 14.5 Å². The molecule has 126 valence electrons. The zero-order chi connectivity index (χ0) is 16.4. The highest BCUT2D eigenvalue weighted by molar-refractivity contribution is 5.39. The van der Waals surface area contributed by atoms with E-state index in [1.54, 1.807) is 19.4 Å². The van der Waals surface area contributed by atoms with E-state index in [0.717, 1.165) is 51.0 Å². The van der Waals surface area contributed by atoms with Crippen LogP contribution in [0.5, 0.6) is 5.88 Å². The maximum absolute atomic E-state index is 5.17. The Bertz CT molecular complexity index is 668. The highest BCUT2D eigenvalue weighted by Gasteiger charge is 2.35. The summed E-state index contributed by atoms with van der Waals surface area (Å²) in [4.78, 5) is 20.3. The fourth-order valence-corrected chi connectivity index (χ4v) is 3.30. The molecule has 4 heterocycles. The molecular weight excluding hydrogens is 304 g/mol. The summed E-state index contributed by atoms with van der Waals surface area (Å²) < 4.78 is 5.17. The zero-order valence-electron chi connectivity index (χ0n) is 13.9. The van der Waals surface area contributed by atoms with E-state index in [-0.39, 0.29) is 0 Å². The molecule has 0 saturated carbocycles. The molecule has 0 unspecified atom stereocenters. The zero-order valence-corrected chi connectivity index (χ0v) is 13.9. The van der Waals surface area contributed by atoms with Crippen LogP contribution in [0.2, 0.25) is 0 Å². The molecule has 4 rings (SSSR count). The van der Waals surface area contributed by atoms with Crippen LogP contribution in [0.1, 0.15) is 0 Å². The number of nitrogens with zero attached hydrogens (tertiary/aromatic N) is 6. The summed E-state index contributed by atoms with van der Waals surface area (Å²) in [5.41, 5.74) is 0. The summed E-state index contributed by atoms with van der Waals surface area (Å²) in [7, 11) is 1.63. The molecule has 0 atom stereocenters. The van der Waals surface area contributed by atoms with Crippen molar-refractivity contribution < 1.29 is 4.74 Å². The Balaban J connectivity index is 1.29. The van der Waals surface area contributed by atoms with E-state index >= 15 is 0 Å². The molecule has 7 nitrogen and oxygen atoms in total. The van der Waals surface area contributed by atoms with Crippen LogP contribution in [0, 0.1) is 0 Å². The lowest BCUT2D eigenvalue weighted by molar-refractivity contribution is 0.156. The molecule has 0 spiro atoms. The predicted molar refractivity (Wildman–Crippen MR) is 92.6 cm³/mol. The smallest absolute Gasteiger partial charge is 0.228 e. The number of ether oxygens (including phenoxy) is 1. The second-order valence-corrected chi connectivity index (χ2v) is 6.17. The van der Waals surface area contributed by atoms with Crippen molar-refractivity contribution >= 4 is 11.8 Å². The van der Waals surface area contributed by atoms with Gasteiger partial charge in [0.2, 0.25) is 11.8 Å². The first-order valence-electron chi connectivity index (χ1n) is 8.35. The van der Waals surface area contributed by atoms with E-state index in [2.05, 4.69) is 35.7 Å². The predicted octanol–water partition coefficient (Wildman–Crippen LogP) is 0.891. The number of anilines is 2. The van der Waals surface area contributed by atoms with Gasteiger partial charge in [-0.15, -0.1) is 0 Å². The first-order valence-corrected chi connectivity index (χ1v) is 8.35. The molecule has 7 heteroatoms. The van der Waals surface area contributed by atoms with Crippen molar-refractivity contribution in [3.05, 3.63) is 36.7 Å². The van der Waals surface area contributed by atoms with Gasteiger partial charge in [-0.3, -0.25) is 4.90 Å². The van der Waals surface area contributed by atoms with E-state index in [1.165, 1.54) is 0 Å². The van der Waals surface area contributed by atoms with Gasteiger partial charge in [-0.05, 0) is 12.1 Å². The third-order valence-electron chi connectivity index (χ3n) is 4.78. The second kappa shape index (κ2) is 6.60. The van der Waals surface area contributed by atoms with Crippen LogP contribution in [0.3, 0.4) is 0 Å². The van der Waals surface area contributed by atoms with Gasteiger partial charge in [-0.1, -0.05) is 6.07 Å². The molecule has 2 saturated heterocycles. The number of hydrogen-bond acceptors (Lipinski definition) is 7. The monoisotopic (exact) mass is 326 g/mol. The minimum absolute atomic E-state index is 0.589. The van der Waals surface area contributed by atoms with Crippen molar-refractivity contribution in [2.45, 2.75) is 6.04 Å². The number of methoxy groups -OCH3 is 1. The summed E-state index contributed by atoms with van der Waals surface area (Å²) in [6, 6.07) is 8.46. The molecule has 2 aliphatic rings. The van der Waals surface area contributed by atoms with Gasteiger partial charge in [-0.25, -0.2) is 9.97 Å². The number of hydrogen-bond donors (Lipinski definition) is 0. The van der Waals surface area contributed by atoms with Gasteiger partial charge < -0.3 is 14.5 Å². The summed E-state index contributed by atoms with van der Waals surface area (Å²) in [6.07, 6.45) is 3.61. The molecule has 2 aromatic heterocycles. The summed E-state index contributed by atoms with van der Waals surface area (Å²) in [5.74, 6) is 2.46. The van der Waals surface area contributed by atoms with Crippen LogP contribution >= 0.6 is 0 Å². The van der Waals surface area contributed by atoms with Gasteiger partial charge in [0, 0.05) is 63.8 Å². The Morgan fingerprint density at radius 3 is 2.50 bits per heavy atom. The van der Waals surface area contributed by atoms with E-state index < -0.39 is 0 Å². The van der Waals surface area contributed by atoms with Gasteiger partial charge in [0.15, 0.2) is 0 Å². The van der Waals surface area contributed by atoms with Crippen LogP contribution in [-0.2, 0) is 0 Å². The topological polar surface area (TPSA) is 57.6 Å². The Labute approximate surface area is 141 Å². The van der Waals surface area contributed by atoms with E-state index in [9.17, 15) is 0 Å². The standard InChI is InChI=1S/C17H22N6O/c1-24-16-5-7-19-17(20-16)23-12-14(13-23)21-8-10-22(11-9-21)15-4-2-3-6-18-15/h2-7,14H,8-13H2,1H3. The average Bonchev–Trinajstić information content (AvgIpc) is 2.62. The van der Waals surface area contributed by atoms with Gasteiger partial charge >= 0.3 is 0 Å². The molecule has 24 heavy (non-hydrogen) atoms. The fraction of sp³-hybridized carbons (Fsp3) is 0.471. The maximum atomic E-state index is 5.17. The molecule has 0 bridgehead atoms. The summed E-state index contributed by atoms with van der Waals surface area (Å²) in [5, 5.41) is 0. The fourth-order valence-electron chi connectivity index (χ4n) is 3.30. The molecular formula is C17H22N6O. The first-order chi connectivity index (χ1) is 11.8. The Kier molecular flexibility index (Phi) is 4.17. The van der Waals surface area contributed by atoms with E-state index in [1.807, 2.05) is 18.3 Å². The Morgan fingerprint density at radius 1 is 0.958 bits per heavy atom. The van der Waals surface area contributed by atoms with Crippen LogP contribution in [-0.4, -0.2) is 72.3 Å². The molecule has 0 amide bonds. The van der Waals surface area contributed by atoms with E-state index in [4.69, 9.17) is 4.74 Å². The number of aromatic nitrogens is 3. The molecule has 0 N–H and O–H groups in total. The Hall–Kier alpha value is -2.41. The van der Waals surface area contributed by atoms with Crippen LogP contribution in [0.15, 0.2) is 36.7 Å². The number of piperazine rings is 1. The molecule has 2 fully saturated rings. The molecule has 0 radical (unpaired) electrons. The van der Waals surface area contributed by atoms with Crippen molar-refractivity contribution in [2.24, 2.45) is 0 Å². The van der Waals surface area contributed by atoms with Gasteiger partial charge in [0.05, 0.1) is 7.11 Å². The SMILES string of the molecule is COc1ccnc(N2CC(N3CCN(c4ccccn4)CC3)C2)n1. The molecule has 2 aromatic rings. The minimum atomic E-state index is 0.589. The molecule has 0 aliphatic carbocycles. The highest BCUT2D eigenvalue weighted by Crippen LogP contribution is 2.23. The quantitative estimate of drug-likeness (QED) is 0.827. The van der Waals surface area contributed by atoms with Crippen molar-refractivity contribution in [3.63, 3.8) is 0 Å². The first kappa shape index (κ1) is 15.1. The van der Waals surface area contributed by atoms with Crippen molar-refractivity contribution in [2.75, 3.05) is 56.2 Å². The summed E-state index contributed by atoms with van der Waals surface area (Å²) in [6.45, 7) is 6.18. The maximum Gasteiger partial charge on any atom is 0.228 e. The van der Waals surface area contributed by atoms with Crippen LogP contribution in [0.25, 0.3) is 0 Å². The van der Waals surface area contributed by atoms with Crippen molar-refractivity contribution in [1.82, 2.24) is 19.9 Å². The lowest BCUT2D eigenvalue weighted by Crippen LogP contribution is -2.63. The van der Waals surface area contributed by atoms with Gasteiger partial charge in [-0.2, -0.15) is 4.98 Å². The number of pyridine rings is 1. The Morgan fingerprint density at radius 2 is 1.79 bits per heavy atom. The molecule has 2 aliphatic heterocycles. The lowest BCUT2D eigenvalue weighted by Gasteiger charge is -2.48. The average molecular weight is 326 g/mol. The van der Waals surface area contributed by atoms with Crippen molar-refractivity contribution in [3.8, 4) is 5.88 Å².